The summed E-state index contributed by atoms with van der Waals surface area (Å²) < 4.78 is 5.17. The molecular formula is C12H18N6O. The minimum Gasteiger partial charge on any atom is -0.353 e. The highest BCUT2D eigenvalue weighted by Gasteiger charge is 2.28. The highest BCUT2D eigenvalue weighted by molar-refractivity contribution is 5.49. The second-order valence-corrected chi connectivity index (χ2v) is 5.06. The molecule has 0 amide bonds. The lowest BCUT2D eigenvalue weighted by Gasteiger charge is -2.36. The van der Waals surface area contributed by atoms with Crippen LogP contribution in [0, 0.1) is 6.92 Å². The first-order valence-electron chi connectivity index (χ1n) is 6.53. The maximum absolute atomic E-state index is 6.09. The van der Waals surface area contributed by atoms with Gasteiger partial charge in [0.1, 0.15) is 0 Å². The van der Waals surface area contributed by atoms with Crippen LogP contribution >= 0.6 is 0 Å². The fourth-order valence-corrected chi connectivity index (χ4v) is 2.42. The number of aryl methyl sites for hydroxylation is 1. The van der Waals surface area contributed by atoms with Crippen LogP contribution in [-0.2, 0) is 0 Å². The second kappa shape index (κ2) is 4.65. The molecule has 0 radical (unpaired) electrons. The first-order valence-corrected chi connectivity index (χ1v) is 6.53. The van der Waals surface area contributed by atoms with Crippen LogP contribution in [0.1, 0.15) is 25.5 Å². The van der Waals surface area contributed by atoms with Crippen molar-refractivity contribution in [1.82, 2.24) is 20.3 Å². The molecule has 2 aromatic rings. The number of rotatable bonds is 2. The normalized spacial score (nSPS) is 23.8. The quantitative estimate of drug-likeness (QED) is 0.840. The van der Waals surface area contributed by atoms with Crippen molar-refractivity contribution < 1.29 is 4.52 Å². The minimum atomic E-state index is 0.170. The molecule has 1 aliphatic rings. The third kappa shape index (κ3) is 2.21. The Morgan fingerprint density at radius 3 is 3.11 bits per heavy atom. The summed E-state index contributed by atoms with van der Waals surface area (Å²) in [6, 6.07) is 2.24. The number of nitrogens with one attached hydrogen (secondary N) is 1. The number of nitrogens with two attached hydrogens (primary N) is 1. The second-order valence-electron chi connectivity index (χ2n) is 5.06. The van der Waals surface area contributed by atoms with E-state index in [0.29, 0.717) is 17.5 Å². The summed E-state index contributed by atoms with van der Waals surface area (Å²) >= 11 is 0. The van der Waals surface area contributed by atoms with Gasteiger partial charge in [-0.15, -0.1) is 5.10 Å². The molecule has 0 aromatic carbocycles. The van der Waals surface area contributed by atoms with Crippen molar-refractivity contribution in [2.45, 2.75) is 38.8 Å². The van der Waals surface area contributed by atoms with E-state index in [1.54, 1.807) is 0 Å². The van der Waals surface area contributed by atoms with Gasteiger partial charge in [-0.3, -0.25) is 5.10 Å². The first kappa shape index (κ1) is 12.2. The van der Waals surface area contributed by atoms with Gasteiger partial charge in [-0.05, 0) is 26.7 Å². The molecule has 102 valence electrons. The van der Waals surface area contributed by atoms with Crippen molar-refractivity contribution in [3.05, 3.63) is 11.8 Å². The monoisotopic (exact) mass is 262 g/mol. The van der Waals surface area contributed by atoms with Crippen LogP contribution in [-0.4, -0.2) is 39.0 Å². The third-order valence-corrected chi connectivity index (χ3v) is 3.64. The number of hydrogen-bond donors (Lipinski definition) is 2. The van der Waals surface area contributed by atoms with Gasteiger partial charge in [0.15, 0.2) is 5.82 Å². The van der Waals surface area contributed by atoms with Crippen molar-refractivity contribution in [2.75, 3.05) is 11.4 Å². The lowest BCUT2D eigenvalue weighted by Crippen LogP contribution is -2.50. The predicted molar refractivity (Wildman–Crippen MR) is 70.6 cm³/mol. The molecule has 0 saturated carbocycles. The molecule has 3 N–H and O–H groups in total. The molecule has 0 spiro atoms. The SMILES string of the molecule is Cc1cc(-c2nc(N3CCCC(N)C3C)n[nH]2)on1. The molecule has 0 aliphatic carbocycles. The molecule has 2 unspecified atom stereocenters. The number of anilines is 1. The molecule has 2 aromatic heterocycles. The van der Waals surface area contributed by atoms with Crippen LogP contribution in [0.3, 0.4) is 0 Å². The minimum absolute atomic E-state index is 0.170. The average molecular weight is 262 g/mol. The van der Waals surface area contributed by atoms with Crippen LogP contribution in [0.15, 0.2) is 10.6 Å². The van der Waals surface area contributed by atoms with E-state index in [1.807, 2.05) is 13.0 Å². The number of piperidine rings is 1. The van der Waals surface area contributed by atoms with Gasteiger partial charge in [-0.2, -0.15) is 4.98 Å². The molecule has 7 heteroatoms. The number of aromatic amines is 1. The van der Waals surface area contributed by atoms with E-state index in [1.165, 1.54) is 0 Å². The van der Waals surface area contributed by atoms with Gasteiger partial charge in [0, 0.05) is 24.7 Å². The van der Waals surface area contributed by atoms with Gasteiger partial charge >= 0.3 is 0 Å². The first-order chi connectivity index (χ1) is 9.15. The van der Waals surface area contributed by atoms with Gasteiger partial charge in [0.05, 0.1) is 5.69 Å². The van der Waals surface area contributed by atoms with Crippen LogP contribution in [0.25, 0.3) is 11.6 Å². The lowest BCUT2D eigenvalue weighted by atomic mass is 9.99. The van der Waals surface area contributed by atoms with E-state index in [9.17, 15) is 0 Å². The highest BCUT2D eigenvalue weighted by atomic mass is 16.5. The van der Waals surface area contributed by atoms with Crippen LogP contribution in [0.2, 0.25) is 0 Å². The zero-order valence-corrected chi connectivity index (χ0v) is 11.1. The van der Waals surface area contributed by atoms with Crippen molar-refractivity contribution in [1.29, 1.82) is 0 Å². The molecule has 1 aliphatic heterocycles. The molecule has 3 rings (SSSR count). The van der Waals surface area contributed by atoms with Gasteiger partial charge < -0.3 is 15.2 Å². The summed E-state index contributed by atoms with van der Waals surface area (Å²) in [4.78, 5) is 6.61. The maximum Gasteiger partial charge on any atom is 0.245 e. The molecule has 0 bridgehead atoms. The molecule has 19 heavy (non-hydrogen) atoms. The maximum atomic E-state index is 6.09. The van der Waals surface area contributed by atoms with E-state index in [0.717, 1.165) is 25.1 Å². The zero-order valence-electron chi connectivity index (χ0n) is 11.1. The number of aromatic nitrogens is 4. The molecule has 1 fully saturated rings. The van der Waals surface area contributed by atoms with Gasteiger partial charge in [0.2, 0.25) is 11.7 Å². The molecule has 3 heterocycles. The zero-order chi connectivity index (χ0) is 13.4. The Bertz CT molecular complexity index is 562. The fraction of sp³-hybridized carbons (Fsp3) is 0.583. The highest BCUT2D eigenvalue weighted by Crippen LogP contribution is 2.23. The van der Waals surface area contributed by atoms with Crippen molar-refractivity contribution >= 4 is 5.95 Å². The Morgan fingerprint density at radius 2 is 2.37 bits per heavy atom. The summed E-state index contributed by atoms with van der Waals surface area (Å²) in [5, 5.41) is 11.0. The van der Waals surface area contributed by atoms with E-state index in [2.05, 4.69) is 32.2 Å². The molecule has 1 saturated heterocycles. The van der Waals surface area contributed by atoms with Crippen LogP contribution < -0.4 is 10.6 Å². The van der Waals surface area contributed by atoms with E-state index >= 15 is 0 Å². The van der Waals surface area contributed by atoms with Gasteiger partial charge in [-0.1, -0.05) is 5.16 Å². The number of hydrogen-bond acceptors (Lipinski definition) is 6. The summed E-state index contributed by atoms with van der Waals surface area (Å²) in [6.07, 6.45) is 2.12. The largest absolute Gasteiger partial charge is 0.353 e. The Morgan fingerprint density at radius 1 is 1.53 bits per heavy atom. The number of nitrogens with zero attached hydrogens (tertiary/aromatic N) is 4. The van der Waals surface area contributed by atoms with E-state index in [-0.39, 0.29) is 12.1 Å². The summed E-state index contributed by atoms with van der Waals surface area (Å²) in [7, 11) is 0. The van der Waals surface area contributed by atoms with Gasteiger partial charge in [-0.25, -0.2) is 0 Å². The van der Waals surface area contributed by atoms with E-state index < -0.39 is 0 Å². The summed E-state index contributed by atoms with van der Waals surface area (Å²) in [5.41, 5.74) is 6.91. The summed E-state index contributed by atoms with van der Waals surface area (Å²) in [6.45, 7) is 4.91. The fourth-order valence-electron chi connectivity index (χ4n) is 2.42. The smallest absolute Gasteiger partial charge is 0.245 e. The van der Waals surface area contributed by atoms with Crippen LogP contribution in [0.4, 0.5) is 5.95 Å². The standard InChI is InChI=1S/C12H18N6O/c1-7-6-10(19-17-7)11-14-12(16-15-11)18-5-3-4-9(13)8(18)2/h6,8-9H,3-5,13H2,1-2H3,(H,14,15,16). The Hall–Kier alpha value is -1.89. The van der Waals surface area contributed by atoms with Gasteiger partial charge in [0.25, 0.3) is 0 Å². The summed E-state index contributed by atoms with van der Waals surface area (Å²) in [5.74, 6) is 1.87. The Labute approximate surface area is 111 Å². The Kier molecular flexibility index (Phi) is 2.98. The molecule has 2 atom stereocenters. The van der Waals surface area contributed by atoms with E-state index in [4.69, 9.17) is 10.3 Å². The van der Waals surface area contributed by atoms with Crippen molar-refractivity contribution in [3.8, 4) is 11.6 Å². The van der Waals surface area contributed by atoms with Crippen LogP contribution in [0.5, 0.6) is 0 Å². The van der Waals surface area contributed by atoms with Crippen molar-refractivity contribution in [2.24, 2.45) is 5.73 Å². The Balaban J connectivity index is 1.84. The number of H-pyrrole nitrogens is 1. The molecular weight excluding hydrogens is 244 g/mol. The topological polar surface area (TPSA) is 96.9 Å². The lowest BCUT2D eigenvalue weighted by molar-refractivity contribution is 0.415. The molecule has 7 nitrogen and oxygen atoms in total. The average Bonchev–Trinajstić information content (AvgIpc) is 3.01. The predicted octanol–water partition coefficient (Wildman–Crippen LogP) is 1.08. The van der Waals surface area contributed by atoms with Crippen molar-refractivity contribution in [3.63, 3.8) is 0 Å². The third-order valence-electron chi connectivity index (χ3n) is 3.64.